The molecule has 2 aliphatic rings. The van der Waals surface area contributed by atoms with E-state index in [0.717, 1.165) is 41.7 Å². The van der Waals surface area contributed by atoms with Crippen molar-refractivity contribution in [2.24, 2.45) is 0 Å². The van der Waals surface area contributed by atoms with Crippen molar-refractivity contribution in [3.63, 3.8) is 0 Å². The van der Waals surface area contributed by atoms with Crippen molar-refractivity contribution >= 4 is 5.82 Å². The molecule has 6 heteroatoms. The number of aromatic nitrogens is 2. The highest BCUT2D eigenvalue weighted by Gasteiger charge is 2.23. The van der Waals surface area contributed by atoms with Crippen molar-refractivity contribution in [1.82, 2.24) is 9.78 Å². The lowest BCUT2D eigenvalue weighted by Crippen LogP contribution is -2.15. The molecule has 1 N–H and O–H groups in total. The first kappa shape index (κ1) is 12.5. The zero-order valence-corrected chi connectivity index (χ0v) is 11.9. The van der Waals surface area contributed by atoms with Gasteiger partial charge in [-0.05, 0) is 18.6 Å². The van der Waals surface area contributed by atoms with Gasteiger partial charge in [-0.1, -0.05) is 0 Å². The maximum atomic E-state index is 5.65. The van der Waals surface area contributed by atoms with Gasteiger partial charge in [0.25, 0.3) is 0 Å². The van der Waals surface area contributed by atoms with Crippen molar-refractivity contribution < 1.29 is 14.2 Å². The molecule has 0 saturated carbocycles. The van der Waals surface area contributed by atoms with Crippen LogP contribution in [-0.4, -0.2) is 36.6 Å². The Morgan fingerprint density at radius 1 is 1.29 bits per heavy atom. The fourth-order valence-corrected chi connectivity index (χ4v) is 2.85. The van der Waals surface area contributed by atoms with Gasteiger partial charge in [-0.15, -0.1) is 0 Å². The number of benzene rings is 1. The summed E-state index contributed by atoms with van der Waals surface area (Å²) in [6.07, 6.45) is 0.985. The normalized spacial score (nSPS) is 15.7. The summed E-state index contributed by atoms with van der Waals surface area (Å²) >= 11 is 0. The van der Waals surface area contributed by atoms with Crippen LogP contribution in [-0.2, 0) is 17.8 Å². The molecule has 0 aliphatic carbocycles. The van der Waals surface area contributed by atoms with Gasteiger partial charge in [-0.3, -0.25) is 0 Å². The van der Waals surface area contributed by atoms with Gasteiger partial charge in [-0.25, -0.2) is 4.68 Å². The largest absolute Gasteiger partial charge is 0.486 e. The summed E-state index contributed by atoms with van der Waals surface area (Å²) < 4.78 is 18.4. The average molecular weight is 287 g/mol. The molecule has 3 heterocycles. The van der Waals surface area contributed by atoms with E-state index in [1.165, 1.54) is 5.56 Å². The molecule has 0 unspecified atom stereocenters. The van der Waals surface area contributed by atoms with E-state index in [-0.39, 0.29) is 0 Å². The summed E-state index contributed by atoms with van der Waals surface area (Å²) in [6.45, 7) is 2.65. The van der Waals surface area contributed by atoms with E-state index in [2.05, 4.69) is 10.4 Å². The first-order valence-corrected chi connectivity index (χ1v) is 7.10. The van der Waals surface area contributed by atoms with E-state index in [1.807, 2.05) is 22.9 Å². The lowest BCUT2D eigenvalue weighted by Gasteiger charge is -2.19. The van der Waals surface area contributed by atoms with E-state index < -0.39 is 0 Å². The predicted molar refractivity (Wildman–Crippen MR) is 77.5 cm³/mol. The minimum Gasteiger partial charge on any atom is -0.486 e. The van der Waals surface area contributed by atoms with Crippen LogP contribution < -0.4 is 14.8 Å². The third-order valence-electron chi connectivity index (χ3n) is 3.79. The topological polar surface area (TPSA) is 57.5 Å². The molecule has 0 radical (unpaired) electrons. The summed E-state index contributed by atoms with van der Waals surface area (Å²) in [5.74, 6) is 2.62. The Hall–Kier alpha value is -2.21. The van der Waals surface area contributed by atoms with E-state index in [0.29, 0.717) is 19.8 Å². The monoisotopic (exact) mass is 287 g/mol. The van der Waals surface area contributed by atoms with E-state index in [4.69, 9.17) is 14.2 Å². The Morgan fingerprint density at radius 3 is 3.00 bits per heavy atom. The van der Waals surface area contributed by atoms with Gasteiger partial charge in [-0.2, -0.15) is 5.10 Å². The van der Waals surface area contributed by atoms with Gasteiger partial charge in [0.1, 0.15) is 19.0 Å². The lowest BCUT2D eigenvalue weighted by molar-refractivity contribution is 0.171. The molecule has 1 aromatic carbocycles. The highest BCUT2D eigenvalue weighted by atomic mass is 16.6. The second kappa shape index (κ2) is 4.96. The third kappa shape index (κ3) is 2.03. The van der Waals surface area contributed by atoms with Crippen LogP contribution in [0.4, 0.5) is 5.82 Å². The first-order chi connectivity index (χ1) is 10.4. The second-order valence-corrected chi connectivity index (χ2v) is 5.12. The molecule has 110 valence electrons. The molecular formula is C15H17N3O3. The Morgan fingerprint density at radius 2 is 2.14 bits per heavy atom. The zero-order valence-electron chi connectivity index (χ0n) is 11.9. The molecule has 0 amide bonds. The smallest absolute Gasteiger partial charge is 0.163 e. The molecule has 6 nitrogen and oxygen atoms in total. The molecule has 21 heavy (non-hydrogen) atoms. The van der Waals surface area contributed by atoms with E-state index in [1.54, 1.807) is 7.11 Å². The van der Waals surface area contributed by atoms with Crippen LogP contribution in [0.5, 0.6) is 11.5 Å². The number of fused-ring (bicyclic) bond motifs is 2. The highest BCUT2D eigenvalue weighted by molar-refractivity contribution is 5.59. The molecule has 0 fully saturated rings. The van der Waals surface area contributed by atoms with Gasteiger partial charge >= 0.3 is 0 Å². The summed E-state index contributed by atoms with van der Waals surface area (Å²) in [7, 11) is 1.69. The molecule has 0 spiro atoms. The maximum absolute atomic E-state index is 5.65. The minimum atomic E-state index is 0.529. The molecule has 2 aliphatic heterocycles. The SMILES string of the molecule is COCc1nn(-c2ccc3c(c2)OCCO3)c2c1CCN2. The van der Waals surface area contributed by atoms with Crippen LogP contribution in [0.3, 0.4) is 0 Å². The lowest BCUT2D eigenvalue weighted by atomic mass is 10.2. The maximum Gasteiger partial charge on any atom is 0.163 e. The predicted octanol–water partition coefficient (Wildman–Crippen LogP) is 1.76. The summed E-state index contributed by atoms with van der Waals surface area (Å²) in [5.41, 5.74) is 3.20. The summed E-state index contributed by atoms with van der Waals surface area (Å²) in [4.78, 5) is 0. The molecule has 2 aromatic rings. The Labute approximate surface area is 122 Å². The van der Waals surface area contributed by atoms with Crippen LogP contribution in [0.2, 0.25) is 0 Å². The first-order valence-electron chi connectivity index (χ1n) is 7.10. The molecule has 4 rings (SSSR count). The Bertz CT molecular complexity index is 681. The zero-order chi connectivity index (χ0) is 14.2. The van der Waals surface area contributed by atoms with Crippen LogP contribution >= 0.6 is 0 Å². The van der Waals surface area contributed by atoms with Crippen LogP contribution in [0, 0.1) is 0 Å². The van der Waals surface area contributed by atoms with Gasteiger partial charge < -0.3 is 19.5 Å². The van der Waals surface area contributed by atoms with Gasteiger partial charge in [0.15, 0.2) is 11.5 Å². The number of anilines is 1. The van der Waals surface area contributed by atoms with Crippen LogP contribution in [0.25, 0.3) is 5.69 Å². The fraction of sp³-hybridized carbons (Fsp3) is 0.400. The van der Waals surface area contributed by atoms with Crippen LogP contribution in [0.1, 0.15) is 11.3 Å². The third-order valence-corrected chi connectivity index (χ3v) is 3.79. The number of methoxy groups -OCH3 is 1. The molecule has 0 saturated heterocycles. The Balaban J connectivity index is 1.78. The summed E-state index contributed by atoms with van der Waals surface area (Å²) in [6, 6.07) is 5.90. The number of nitrogens with one attached hydrogen (secondary N) is 1. The van der Waals surface area contributed by atoms with Crippen molar-refractivity contribution in [3.8, 4) is 17.2 Å². The van der Waals surface area contributed by atoms with Crippen LogP contribution in [0.15, 0.2) is 18.2 Å². The molecule has 0 atom stereocenters. The number of ether oxygens (including phenoxy) is 3. The fourth-order valence-electron chi connectivity index (χ4n) is 2.85. The second-order valence-electron chi connectivity index (χ2n) is 5.12. The molecule has 0 bridgehead atoms. The summed E-state index contributed by atoms with van der Waals surface area (Å²) in [5, 5.41) is 8.07. The van der Waals surface area contributed by atoms with Gasteiger partial charge in [0.05, 0.1) is 18.0 Å². The average Bonchev–Trinajstić information content (AvgIpc) is 3.11. The van der Waals surface area contributed by atoms with Crippen molar-refractivity contribution in [2.75, 3.05) is 32.2 Å². The number of hydrogen-bond donors (Lipinski definition) is 1. The minimum absolute atomic E-state index is 0.529. The van der Waals surface area contributed by atoms with Crippen molar-refractivity contribution in [2.45, 2.75) is 13.0 Å². The van der Waals surface area contributed by atoms with Gasteiger partial charge in [0.2, 0.25) is 0 Å². The number of nitrogens with zero attached hydrogens (tertiary/aromatic N) is 2. The molecule has 1 aromatic heterocycles. The standard InChI is InChI=1S/C15H17N3O3/c1-19-9-12-11-4-5-16-15(11)18(17-12)10-2-3-13-14(8-10)21-7-6-20-13/h2-3,8,16H,4-7,9H2,1H3. The highest BCUT2D eigenvalue weighted by Crippen LogP contribution is 2.35. The van der Waals surface area contributed by atoms with E-state index in [9.17, 15) is 0 Å². The quantitative estimate of drug-likeness (QED) is 0.932. The van der Waals surface area contributed by atoms with Crippen molar-refractivity contribution in [3.05, 3.63) is 29.5 Å². The number of rotatable bonds is 3. The molecular weight excluding hydrogens is 270 g/mol. The Kier molecular flexibility index (Phi) is 2.96. The van der Waals surface area contributed by atoms with E-state index >= 15 is 0 Å². The number of hydrogen-bond acceptors (Lipinski definition) is 5. The van der Waals surface area contributed by atoms with Gasteiger partial charge in [0, 0.05) is 25.3 Å². The van der Waals surface area contributed by atoms with Crippen molar-refractivity contribution in [1.29, 1.82) is 0 Å².